The van der Waals surface area contributed by atoms with Crippen LogP contribution >= 0.6 is 0 Å². The molecule has 0 unspecified atom stereocenters. The molecule has 0 atom stereocenters. The van der Waals surface area contributed by atoms with Crippen LogP contribution < -0.4 is 0 Å². The Hall–Kier alpha value is -1.61. The number of rotatable bonds is 7. The van der Waals surface area contributed by atoms with E-state index >= 15 is 0 Å². The SMILES string of the molecule is c1ccc(CCC2CCN(CCCn3ccnc3)CC2)cc1. The Morgan fingerprint density at radius 1 is 1.05 bits per heavy atom. The van der Waals surface area contributed by atoms with Crippen molar-refractivity contribution in [2.45, 2.75) is 38.6 Å². The van der Waals surface area contributed by atoms with Crippen LogP contribution in [0.1, 0.15) is 31.2 Å². The van der Waals surface area contributed by atoms with Gasteiger partial charge in [0, 0.05) is 18.9 Å². The van der Waals surface area contributed by atoms with Crippen molar-refractivity contribution < 1.29 is 0 Å². The molecule has 0 amide bonds. The van der Waals surface area contributed by atoms with E-state index in [2.05, 4.69) is 51.0 Å². The van der Waals surface area contributed by atoms with E-state index in [0.29, 0.717) is 0 Å². The quantitative estimate of drug-likeness (QED) is 0.778. The number of nitrogens with zero attached hydrogens (tertiary/aromatic N) is 3. The molecule has 0 spiro atoms. The first-order valence-corrected chi connectivity index (χ1v) is 8.62. The lowest BCUT2D eigenvalue weighted by Crippen LogP contribution is -2.34. The van der Waals surface area contributed by atoms with Crippen molar-refractivity contribution in [1.82, 2.24) is 14.5 Å². The van der Waals surface area contributed by atoms with Gasteiger partial charge in [0.2, 0.25) is 0 Å². The summed E-state index contributed by atoms with van der Waals surface area (Å²) in [5.41, 5.74) is 1.49. The number of aryl methyl sites for hydroxylation is 2. The number of benzene rings is 1. The molecule has 3 nitrogen and oxygen atoms in total. The highest BCUT2D eigenvalue weighted by atomic mass is 15.1. The molecule has 1 fully saturated rings. The molecule has 118 valence electrons. The highest BCUT2D eigenvalue weighted by Gasteiger charge is 2.18. The van der Waals surface area contributed by atoms with Gasteiger partial charge in [-0.2, -0.15) is 0 Å². The van der Waals surface area contributed by atoms with Gasteiger partial charge in [-0.1, -0.05) is 30.3 Å². The van der Waals surface area contributed by atoms with Crippen LogP contribution in [0.15, 0.2) is 49.1 Å². The van der Waals surface area contributed by atoms with Gasteiger partial charge in [-0.05, 0) is 63.2 Å². The molecule has 0 bridgehead atoms. The van der Waals surface area contributed by atoms with Crippen LogP contribution in [0.5, 0.6) is 0 Å². The molecule has 3 rings (SSSR count). The molecule has 0 aliphatic carbocycles. The summed E-state index contributed by atoms with van der Waals surface area (Å²) in [5.74, 6) is 0.921. The topological polar surface area (TPSA) is 21.1 Å². The Balaban J connectivity index is 1.30. The molecule has 0 N–H and O–H groups in total. The Morgan fingerprint density at radius 2 is 1.86 bits per heavy atom. The Bertz CT molecular complexity index is 513. The first-order valence-electron chi connectivity index (χ1n) is 8.62. The number of imidazole rings is 1. The average Bonchev–Trinajstić information content (AvgIpc) is 3.08. The number of aromatic nitrogens is 2. The van der Waals surface area contributed by atoms with E-state index in [4.69, 9.17) is 0 Å². The number of piperidine rings is 1. The fourth-order valence-electron chi connectivity index (χ4n) is 3.41. The normalized spacial score (nSPS) is 16.9. The van der Waals surface area contributed by atoms with E-state index in [0.717, 1.165) is 12.5 Å². The molecule has 22 heavy (non-hydrogen) atoms. The lowest BCUT2D eigenvalue weighted by Gasteiger charge is -2.32. The van der Waals surface area contributed by atoms with Gasteiger partial charge in [-0.3, -0.25) is 0 Å². The van der Waals surface area contributed by atoms with Gasteiger partial charge < -0.3 is 9.47 Å². The van der Waals surface area contributed by atoms with E-state index in [1.54, 1.807) is 0 Å². The summed E-state index contributed by atoms with van der Waals surface area (Å²) in [6.45, 7) is 4.88. The first kappa shape index (κ1) is 15.3. The molecule has 1 aliphatic rings. The predicted molar refractivity (Wildman–Crippen MR) is 90.8 cm³/mol. The minimum absolute atomic E-state index is 0.921. The fraction of sp³-hybridized carbons (Fsp3) is 0.526. The van der Waals surface area contributed by atoms with Crippen LogP contribution in [0.25, 0.3) is 0 Å². The second kappa shape index (κ2) is 8.14. The standard InChI is InChI=1S/C19H27N3/c1-2-5-18(6-3-1)7-8-19-9-14-21(15-10-19)12-4-13-22-16-11-20-17-22/h1-3,5-6,11,16-17,19H,4,7-10,12-15H2. The molecule has 1 aromatic carbocycles. The molecule has 2 heterocycles. The minimum Gasteiger partial charge on any atom is -0.337 e. The van der Waals surface area contributed by atoms with Crippen LogP contribution in [0.3, 0.4) is 0 Å². The Kier molecular flexibility index (Phi) is 5.66. The van der Waals surface area contributed by atoms with Crippen molar-refractivity contribution in [2.24, 2.45) is 5.92 Å². The van der Waals surface area contributed by atoms with Crippen LogP contribution in [-0.2, 0) is 13.0 Å². The van der Waals surface area contributed by atoms with Crippen LogP contribution in [0, 0.1) is 5.92 Å². The molecule has 3 heteroatoms. The zero-order chi connectivity index (χ0) is 15.0. The zero-order valence-electron chi connectivity index (χ0n) is 13.4. The van der Waals surface area contributed by atoms with E-state index in [9.17, 15) is 0 Å². The Morgan fingerprint density at radius 3 is 2.59 bits per heavy atom. The summed E-state index contributed by atoms with van der Waals surface area (Å²) in [6.07, 6.45) is 12.4. The highest BCUT2D eigenvalue weighted by Crippen LogP contribution is 2.22. The zero-order valence-corrected chi connectivity index (χ0v) is 13.4. The van der Waals surface area contributed by atoms with Crippen LogP contribution in [-0.4, -0.2) is 34.1 Å². The Labute approximate surface area is 134 Å². The summed E-state index contributed by atoms with van der Waals surface area (Å²) in [4.78, 5) is 6.73. The lowest BCUT2D eigenvalue weighted by molar-refractivity contribution is 0.175. The summed E-state index contributed by atoms with van der Waals surface area (Å²) < 4.78 is 2.17. The van der Waals surface area contributed by atoms with Crippen molar-refractivity contribution in [1.29, 1.82) is 0 Å². The van der Waals surface area contributed by atoms with Crippen LogP contribution in [0.2, 0.25) is 0 Å². The van der Waals surface area contributed by atoms with Crippen molar-refractivity contribution >= 4 is 0 Å². The predicted octanol–water partition coefficient (Wildman–Crippen LogP) is 3.62. The molecule has 2 aromatic rings. The van der Waals surface area contributed by atoms with Crippen molar-refractivity contribution in [2.75, 3.05) is 19.6 Å². The summed E-state index contributed by atoms with van der Waals surface area (Å²) in [7, 11) is 0. The van der Waals surface area contributed by atoms with Gasteiger partial charge in [0.1, 0.15) is 0 Å². The third-order valence-electron chi connectivity index (χ3n) is 4.84. The summed E-state index contributed by atoms with van der Waals surface area (Å²) in [5, 5.41) is 0. The number of hydrogen-bond acceptors (Lipinski definition) is 2. The maximum absolute atomic E-state index is 4.09. The van der Waals surface area contributed by atoms with Gasteiger partial charge in [0.25, 0.3) is 0 Å². The second-order valence-electron chi connectivity index (χ2n) is 6.46. The average molecular weight is 297 g/mol. The summed E-state index contributed by atoms with van der Waals surface area (Å²) in [6, 6.07) is 10.9. The highest BCUT2D eigenvalue weighted by molar-refractivity contribution is 5.14. The van der Waals surface area contributed by atoms with Gasteiger partial charge in [0.15, 0.2) is 0 Å². The van der Waals surface area contributed by atoms with Gasteiger partial charge in [-0.15, -0.1) is 0 Å². The van der Waals surface area contributed by atoms with E-state index in [1.165, 1.54) is 57.3 Å². The smallest absolute Gasteiger partial charge is 0.0945 e. The minimum atomic E-state index is 0.921. The number of likely N-dealkylation sites (tertiary alicyclic amines) is 1. The van der Waals surface area contributed by atoms with Crippen molar-refractivity contribution in [3.63, 3.8) is 0 Å². The number of hydrogen-bond donors (Lipinski definition) is 0. The van der Waals surface area contributed by atoms with Gasteiger partial charge >= 0.3 is 0 Å². The second-order valence-corrected chi connectivity index (χ2v) is 6.46. The molecule has 1 saturated heterocycles. The fourth-order valence-corrected chi connectivity index (χ4v) is 3.41. The summed E-state index contributed by atoms with van der Waals surface area (Å²) >= 11 is 0. The van der Waals surface area contributed by atoms with E-state index < -0.39 is 0 Å². The first-order chi connectivity index (χ1) is 10.9. The molecule has 1 aromatic heterocycles. The van der Waals surface area contributed by atoms with Gasteiger partial charge in [0.05, 0.1) is 6.33 Å². The molecule has 0 radical (unpaired) electrons. The maximum Gasteiger partial charge on any atom is 0.0945 e. The van der Waals surface area contributed by atoms with E-state index in [1.807, 2.05) is 12.5 Å². The molecular formula is C19H27N3. The van der Waals surface area contributed by atoms with Gasteiger partial charge in [-0.25, -0.2) is 4.98 Å². The van der Waals surface area contributed by atoms with Crippen molar-refractivity contribution in [3.05, 3.63) is 54.6 Å². The largest absolute Gasteiger partial charge is 0.337 e. The van der Waals surface area contributed by atoms with E-state index in [-0.39, 0.29) is 0 Å². The molecule has 0 saturated carbocycles. The molecular weight excluding hydrogens is 270 g/mol. The maximum atomic E-state index is 4.09. The third kappa shape index (κ3) is 4.70. The van der Waals surface area contributed by atoms with Crippen molar-refractivity contribution in [3.8, 4) is 0 Å². The third-order valence-corrected chi connectivity index (χ3v) is 4.84. The lowest BCUT2D eigenvalue weighted by atomic mass is 9.90. The van der Waals surface area contributed by atoms with Crippen LogP contribution in [0.4, 0.5) is 0 Å². The monoisotopic (exact) mass is 297 g/mol. The molecule has 1 aliphatic heterocycles.